The Morgan fingerprint density at radius 1 is 1.11 bits per heavy atom. The van der Waals surface area contributed by atoms with Crippen LogP contribution in [0.4, 0.5) is 0 Å². The molecule has 0 aliphatic heterocycles. The van der Waals surface area contributed by atoms with Crippen molar-refractivity contribution in [1.82, 2.24) is 0 Å². The molecule has 0 rings (SSSR count). The highest BCUT2D eigenvalue weighted by Gasteiger charge is 2.12. The second kappa shape index (κ2) is 7.97. The zero-order valence-corrected chi connectivity index (χ0v) is 9.62. The number of hydrogen-bond donors (Lipinski definition) is 4. The zero-order chi connectivity index (χ0) is 14.9. The highest BCUT2D eigenvalue weighted by Crippen LogP contribution is 2.00. The van der Waals surface area contributed by atoms with Crippen LogP contribution in [-0.4, -0.2) is 46.2 Å². The molecule has 0 aromatic heterocycles. The predicted octanol–water partition coefficient (Wildman–Crippen LogP) is -0.426. The van der Waals surface area contributed by atoms with Crippen LogP contribution in [0, 0.1) is 0 Å². The Balaban J connectivity index is 0. The van der Waals surface area contributed by atoms with E-state index in [-0.39, 0.29) is 0 Å². The largest absolute Gasteiger partial charge is 0.481 e. The lowest BCUT2D eigenvalue weighted by atomic mass is 10.2. The topological polar surface area (TPSA) is 166 Å². The Kier molecular flexibility index (Phi) is 8.05. The maximum absolute atomic E-state index is 10.2. The SMILES string of the molecule is C=CS(=O)(=O)O.O=C(O)C=C(CC(=O)O)C(=O)O. The molecular formula is C8H10O9S. The molecule has 0 aliphatic carbocycles. The lowest BCUT2D eigenvalue weighted by molar-refractivity contribution is -0.140. The van der Waals surface area contributed by atoms with Crippen LogP contribution in [0.3, 0.4) is 0 Å². The molecule has 0 aromatic carbocycles. The quantitative estimate of drug-likeness (QED) is 0.386. The van der Waals surface area contributed by atoms with E-state index in [0.717, 1.165) is 0 Å². The van der Waals surface area contributed by atoms with Crippen molar-refractivity contribution in [3.63, 3.8) is 0 Å². The molecule has 9 nitrogen and oxygen atoms in total. The molecule has 0 bridgehead atoms. The molecule has 0 unspecified atom stereocenters. The van der Waals surface area contributed by atoms with Crippen molar-refractivity contribution in [3.8, 4) is 0 Å². The van der Waals surface area contributed by atoms with Gasteiger partial charge in [0.2, 0.25) is 0 Å². The van der Waals surface area contributed by atoms with Gasteiger partial charge < -0.3 is 15.3 Å². The van der Waals surface area contributed by atoms with E-state index in [1.165, 1.54) is 0 Å². The summed E-state index contributed by atoms with van der Waals surface area (Å²) in [4.78, 5) is 30.1. The van der Waals surface area contributed by atoms with Gasteiger partial charge in [0, 0.05) is 6.08 Å². The van der Waals surface area contributed by atoms with Gasteiger partial charge in [-0.05, 0) is 0 Å². The minimum absolute atomic E-state index is 0.358. The second-order valence-electron chi connectivity index (χ2n) is 2.57. The first-order valence-corrected chi connectivity index (χ1v) is 5.48. The molecule has 0 spiro atoms. The first-order valence-electron chi connectivity index (χ1n) is 3.98. The summed E-state index contributed by atoms with van der Waals surface area (Å²) in [6.45, 7) is 2.79. The predicted molar refractivity (Wildman–Crippen MR) is 57.4 cm³/mol. The molecule has 0 saturated carbocycles. The molecular weight excluding hydrogens is 272 g/mol. The van der Waals surface area contributed by atoms with E-state index < -0.39 is 40.0 Å². The van der Waals surface area contributed by atoms with Crippen LogP contribution in [0.25, 0.3) is 0 Å². The monoisotopic (exact) mass is 282 g/mol. The average Bonchev–Trinajstić information content (AvgIpc) is 2.15. The van der Waals surface area contributed by atoms with E-state index in [4.69, 9.17) is 19.9 Å². The molecule has 0 aromatic rings. The summed E-state index contributed by atoms with van der Waals surface area (Å²) in [5.74, 6) is -4.40. The molecule has 0 saturated heterocycles. The Hall–Kier alpha value is -2.20. The molecule has 10 heteroatoms. The van der Waals surface area contributed by atoms with E-state index in [1.54, 1.807) is 0 Å². The average molecular weight is 282 g/mol. The summed E-state index contributed by atoms with van der Waals surface area (Å²) in [7, 11) is -3.90. The molecule has 0 aliphatic rings. The number of carboxylic acids is 3. The van der Waals surface area contributed by atoms with Crippen molar-refractivity contribution in [2.75, 3.05) is 0 Å². The Morgan fingerprint density at radius 3 is 1.67 bits per heavy atom. The van der Waals surface area contributed by atoms with Crippen LogP contribution in [0.15, 0.2) is 23.6 Å². The highest BCUT2D eigenvalue weighted by atomic mass is 32.2. The van der Waals surface area contributed by atoms with Gasteiger partial charge in [-0.1, -0.05) is 6.58 Å². The molecule has 102 valence electrons. The maximum Gasteiger partial charge on any atom is 0.332 e. The second-order valence-corrected chi connectivity index (χ2v) is 3.93. The van der Waals surface area contributed by atoms with Crippen molar-refractivity contribution in [1.29, 1.82) is 0 Å². The van der Waals surface area contributed by atoms with Crippen LogP contribution in [0.5, 0.6) is 0 Å². The fourth-order valence-electron chi connectivity index (χ4n) is 0.500. The van der Waals surface area contributed by atoms with Gasteiger partial charge in [0.15, 0.2) is 0 Å². The molecule has 18 heavy (non-hydrogen) atoms. The van der Waals surface area contributed by atoms with Crippen molar-refractivity contribution in [3.05, 3.63) is 23.6 Å². The van der Waals surface area contributed by atoms with Crippen LogP contribution in [0.1, 0.15) is 6.42 Å². The third-order valence-electron chi connectivity index (χ3n) is 1.12. The zero-order valence-electron chi connectivity index (χ0n) is 8.81. The van der Waals surface area contributed by atoms with E-state index in [0.29, 0.717) is 11.5 Å². The number of aliphatic carboxylic acids is 3. The number of hydrogen-bond acceptors (Lipinski definition) is 5. The Morgan fingerprint density at radius 2 is 1.50 bits per heavy atom. The number of carbonyl (C=O) groups is 3. The number of rotatable bonds is 5. The van der Waals surface area contributed by atoms with Gasteiger partial charge in [-0.15, -0.1) is 0 Å². The molecule has 0 fully saturated rings. The lowest BCUT2D eigenvalue weighted by Gasteiger charge is -1.94. The summed E-state index contributed by atoms with van der Waals surface area (Å²) in [5, 5.41) is 25.0. The fourth-order valence-corrected chi connectivity index (χ4v) is 0.500. The van der Waals surface area contributed by atoms with Gasteiger partial charge in [-0.3, -0.25) is 9.35 Å². The minimum Gasteiger partial charge on any atom is -0.481 e. The van der Waals surface area contributed by atoms with E-state index in [9.17, 15) is 22.8 Å². The Bertz CT molecular complexity index is 459. The smallest absolute Gasteiger partial charge is 0.332 e. The normalized spacial score (nSPS) is 10.8. The summed E-state index contributed by atoms with van der Waals surface area (Å²) in [6, 6.07) is 0. The molecule has 0 atom stereocenters. The van der Waals surface area contributed by atoms with Crippen molar-refractivity contribution in [2.45, 2.75) is 6.42 Å². The molecule has 0 heterocycles. The maximum atomic E-state index is 10.2. The van der Waals surface area contributed by atoms with Crippen LogP contribution < -0.4 is 0 Å². The summed E-state index contributed by atoms with van der Waals surface area (Å²) >= 11 is 0. The van der Waals surface area contributed by atoms with Crippen molar-refractivity contribution < 1.29 is 42.7 Å². The van der Waals surface area contributed by atoms with Crippen LogP contribution in [-0.2, 0) is 24.5 Å². The van der Waals surface area contributed by atoms with Gasteiger partial charge in [0.1, 0.15) is 0 Å². The molecule has 4 N–H and O–H groups in total. The minimum atomic E-state index is -3.90. The van der Waals surface area contributed by atoms with Gasteiger partial charge in [0.25, 0.3) is 10.1 Å². The van der Waals surface area contributed by atoms with Crippen LogP contribution in [0.2, 0.25) is 0 Å². The van der Waals surface area contributed by atoms with E-state index in [2.05, 4.69) is 6.58 Å². The highest BCUT2D eigenvalue weighted by molar-refractivity contribution is 7.88. The summed E-state index contributed by atoms with van der Waals surface area (Å²) in [6.07, 6.45) is -0.446. The molecule has 0 radical (unpaired) electrons. The number of carboxylic acid groups (broad SMARTS) is 3. The van der Waals surface area contributed by atoms with Gasteiger partial charge >= 0.3 is 17.9 Å². The van der Waals surface area contributed by atoms with Crippen molar-refractivity contribution in [2.24, 2.45) is 0 Å². The summed E-state index contributed by atoms with van der Waals surface area (Å²) < 4.78 is 26.6. The van der Waals surface area contributed by atoms with E-state index >= 15 is 0 Å². The first-order chi connectivity index (χ1) is 7.99. The Labute approximate surface area is 101 Å². The van der Waals surface area contributed by atoms with Gasteiger partial charge in [-0.25, -0.2) is 9.59 Å². The summed E-state index contributed by atoms with van der Waals surface area (Å²) in [5.41, 5.74) is -0.657. The fraction of sp³-hybridized carbons (Fsp3) is 0.125. The van der Waals surface area contributed by atoms with Gasteiger partial charge in [-0.2, -0.15) is 8.42 Å². The van der Waals surface area contributed by atoms with E-state index in [1.807, 2.05) is 0 Å². The first kappa shape index (κ1) is 18.2. The van der Waals surface area contributed by atoms with Crippen LogP contribution >= 0.6 is 0 Å². The third-order valence-corrected chi connectivity index (χ3v) is 1.55. The lowest BCUT2D eigenvalue weighted by Crippen LogP contribution is -2.08. The standard InChI is InChI=1S/C6H6O6.C2H4O3S/c7-4(8)1-3(6(11)12)2-5(9)10;1-2-6(3,4)5/h1H,2H2,(H,7,8)(H,9,10)(H,11,12);2H,1H2,(H,3,4,5). The van der Waals surface area contributed by atoms with Gasteiger partial charge in [0.05, 0.1) is 17.4 Å². The third kappa shape index (κ3) is 13.8. The van der Waals surface area contributed by atoms with Crippen molar-refractivity contribution >= 4 is 28.0 Å². The molecule has 0 amide bonds.